The fourth-order valence-electron chi connectivity index (χ4n) is 7.65. The predicted molar refractivity (Wildman–Crippen MR) is 165 cm³/mol. The van der Waals surface area contributed by atoms with Gasteiger partial charge in [-0.25, -0.2) is 0 Å². The molecule has 2 unspecified atom stereocenters. The summed E-state index contributed by atoms with van der Waals surface area (Å²) < 4.78 is 0. The Hall–Kier alpha value is -2.08. The summed E-state index contributed by atoms with van der Waals surface area (Å²) in [6.07, 6.45) is 16.3. The van der Waals surface area contributed by atoms with Crippen molar-refractivity contribution < 1.29 is 0 Å². The zero-order valence-electron chi connectivity index (χ0n) is 24.8. The molecule has 1 aliphatic carbocycles. The topological polar surface area (TPSA) is 0 Å². The lowest BCUT2D eigenvalue weighted by molar-refractivity contribution is 0.216. The van der Waals surface area contributed by atoms with Crippen LogP contribution in [0.15, 0.2) is 48.5 Å². The van der Waals surface area contributed by atoms with Gasteiger partial charge in [0.15, 0.2) is 0 Å². The van der Waals surface area contributed by atoms with Crippen LogP contribution in [0, 0.1) is 25.7 Å². The van der Waals surface area contributed by atoms with E-state index in [1.54, 1.807) is 11.1 Å². The van der Waals surface area contributed by atoms with Gasteiger partial charge in [0.1, 0.15) is 0 Å². The van der Waals surface area contributed by atoms with Gasteiger partial charge in [-0.05, 0) is 77.1 Å². The second-order valence-electron chi connectivity index (χ2n) is 12.3. The van der Waals surface area contributed by atoms with Crippen LogP contribution in [0.25, 0.3) is 21.9 Å². The third kappa shape index (κ3) is 5.41. The van der Waals surface area contributed by atoms with Crippen molar-refractivity contribution in [2.24, 2.45) is 11.8 Å². The van der Waals surface area contributed by atoms with Crippen LogP contribution in [0.1, 0.15) is 127 Å². The van der Waals surface area contributed by atoms with E-state index < -0.39 is 0 Å². The van der Waals surface area contributed by atoms with E-state index in [2.05, 4.69) is 90.1 Å². The van der Waals surface area contributed by atoms with E-state index in [9.17, 15) is 0 Å². The molecule has 2 atom stereocenters. The quantitative estimate of drug-likeness (QED) is 0.195. The minimum Gasteiger partial charge on any atom is -0.0654 e. The fourth-order valence-corrected chi connectivity index (χ4v) is 7.65. The first kappa shape index (κ1) is 27.9. The van der Waals surface area contributed by atoms with Crippen molar-refractivity contribution in [1.82, 2.24) is 0 Å². The summed E-state index contributed by atoms with van der Waals surface area (Å²) in [5.74, 6) is 1.25. The lowest BCUT2D eigenvalue weighted by Crippen LogP contribution is -2.40. The molecule has 0 amide bonds. The number of rotatable bonds is 14. The molecule has 37 heavy (non-hydrogen) atoms. The van der Waals surface area contributed by atoms with Crippen molar-refractivity contribution in [3.8, 4) is 11.1 Å². The molecule has 1 aliphatic rings. The summed E-state index contributed by atoms with van der Waals surface area (Å²) >= 11 is 0. The Labute approximate surface area is 228 Å². The second-order valence-corrected chi connectivity index (χ2v) is 12.3. The third-order valence-corrected chi connectivity index (χ3v) is 9.62. The minimum atomic E-state index is 0.0982. The molecule has 0 saturated heterocycles. The van der Waals surface area contributed by atoms with E-state index in [1.165, 1.54) is 110 Å². The Morgan fingerprint density at radius 1 is 0.622 bits per heavy atom. The summed E-state index contributed by atoms with van der Waals surface area (Å²) in [5, 5.41) is 2.87. The van der Waals surface area contributed by atoms with Crippen LogP contribution < -0.4 is 0 Å². The zero-order valence-corrected chi connectivity index (χ0v) is 24.8. The summed E-state index contributed by atoms with van der Waals surface area (Å²) in [5.41, 5.74) is 9.24. The molecule has 3 aromatic rings. The SMILES string of the molecule is CCCCCCCC(C)C1(C(C)CCCCCCC)c2cc(C)ccc2-c2c1cc(C)c1ccccc21. The molecule has 0 N–H and O–H groups in total. The van der Waals surface area contributed by atoms with E-state index >= 15 is 0 Å². The summed E-state index contributed by atoms with van der Waals surface area (Å²) in [4.78, 5) is 0. The normalized spacial score (nSPS) is 18.1. The predicted octanol–water partition coefficient (Wildman–Crippen LogP) is 11.7. The molecule has 0 bridgehead atoms. The van der Waals surface area contributed by atoms with Crippen LogP contribution in [0.3, 0.4) is 0 Å². The minimum absolute atomic E-state index is 0.0982. The Morgan fingerprint density at radius 3 is 1.78 bits per heavy atom. The maximum Gasteiger partial charge on any atom is 0.0266 e. The van der Waals surface area contributed by atoms with Crippen LogP contribution in [0.2, 0.25) is 0 Å². The summed E-state index contributed by atoms with van der Waals surface area (Å²) in [7, 11) is 0. The van der Waals surface area contributed by atoms with Gasteiger partial charge in [-0.15, -0.1) is 0 Å². The van der Waals surface area contributed by atoms with Gasteiger partial charge in [0.05, 0.1) is 0 Å². The molecule has 0 aliphatic heterocycles. The summed E-state index contributed by atoms with van der Waals surface area (Å²) in [6, 6.07) is 19.1. The van der Waals surface area contributed by atoms with E-state index in [0.717, 1.165) is 0 Å². The van der Waals surface area contributed by atoms with Gasteiger partial charge in [-0.1, -0.05) is 146 Å². The number of hydrogen-bond donors (Lipinski definition) is 0. The fraction of sp³-hybridized carbons (Fsp3) is 0.568. The Morgan fingerprint density at radius 2 is 1.19 bits per heavy atom. The van der Waals surface area contributed by atoms with Gasteiger partial charge in [0.2, 0.25) is 0 Å². The second kappa shape index (κ2) is 12.6. The molecule has 0 fully saturated rings. The van der Waals surface area contributed by atoms with Crippen molar-refractivity contribution in [3.05, 3.63) is 70.8 Å². The van der Waals surface area contributed by atoms with E-state index in [1.807, 2.05) is 0 Å². The van der Waals surface area contributed by atoms with Gasteiger partial charge in [-0.2, -0.15) is 0 Å². The van der Waals surface area contributed by atoms with Crippen LogP contribution in [0.5, 0.6) is 0 Å². The van der Waals surface area contributed by atoms with Crippen LogP contribution in [-0.4, -0.2) is 0 Å². The van der Waals surface area contributed by atoms with Crippen molar-refractivity contribution in [2.75, 3.05) is 0 Å². The maximum atomic E-state index is 2.61. The third-order valence-electron chi connectivity index (χ3n) is 9.62. The molecule has 3 aromatic carbocycles. The van der Waals surface area contributed by atoms with Crippen molar-refractivity contribution in [2.45, 2.75) is 124 Å². The first-order chi connectivity index (χ1) is 18.0. The molecule has 0 heteroatoms. The maximum absolute atomic E-state index is 2.61. The molecule has 0 radical (unpaired) electrons. The lowest BCUT2D eigenvalue weighted by Gasteiger charge is -2.44. The molecular formula is C37H52. The molecule has 0 saturated carbocycles. The number of hydrogen-bond acceptors (Lipinski definition) is 0. The number of unbranched alkanes of at least 4 members (excludes halogenated alkanes) is 8. The lowest BCUT2D eigenvalue weighted by atomic mass is 9.59. The molecule has 0 aromatic heterocycles. The highest BCUT2D eigenvalue weighted by Gasteiger charge is 2.50. The largest absolute Gasteiger partial charge is 0.0654 e. The average molecular weight is 497 g/mol. The van der Waals surface area contributed by atoms with E-state index in [4.69, 9.17) is 0 Å². The smallest absolute Gasteiger partial charge is 0.0266 e. The highest BCUT2D eigenvalue weighted by Crippen LogP contribution is 2.60. The average Bonchev–Trinajstić information content (AvgIpc) is 3.18. The standard InChI is InChI=1S/C37H52/c1-7-9-11-13-15-19-29(5)37(30(6)20-16-14-12-10-8-2)34-25-27(3)23-24-33(34)36-32-22-18-17-21-31(32)28(4)26-35(36)37/h17-18,21-26,29-30H,7-16,19-20H2,1-6H3. The Bertz CT molecular complexity index is 1150. The molecule has 0 nitrogen and oxygen atoms in total. The van der Waals surface area contributed by atoms with Gasteiger partial charge in [0.25, 0.3) is 0 Å². The molecule has 0 spiro atoms. The first-order valence-electron chi connectivity index (χ1n) is 15.6. The monoisotopic (exact) mass is 496 g/mol. The Balaban J connectivity index is 1.84. The highest BCUT2D eigenvalue weighted by molar-refractivity contribution is 6.04. The van der Waals surface area contributed by atoms with E-state index in [-0.39, 0.29) is 5.41 Å². The van der Waals surface area contributed by atoms with Crippen molar-refractivity contribution in [1.29, 1.82) is 0 Å². The van der Waals surface area contributed by atoms with Crippen molar-refractivity contribution in [3.63, 3.8) is 0 Å². The van der Waals surface area contributed by atoms with Gasteiger partial charge >= 0.3 is 0 Å². The van der Waals surface area contributed by atoms with Crippen molar-refractivity contribution >= 4 is 10.8 Å². The number of aryl methyl sites for hydroxylation is 2. The van der Waals surface area contributed by atoms with Crippen LogP contribution >= 0.6 is 0 Å². The number of benzene rings is 3. The zero-order chi connectivity index (χ0) is 26.4. The van der Waals surface area contributed by atoms with E-state index in [0.29, 0.717) is 11.8 Å². The van der Waals surface area contributed by atoms with Gasteiger partial charge in [-0.3, -0.25) is 0 Å². The molecule has 4 rings (SSSR count). The first-order valence-corrected chi connectivity index (χ1v) is 15.6. The molecule has 200 valence electrons. The molecular weight excluding hydrogens is 444 g/mol. The Kier molecular flexibility index (Phi) is 9.55. The molecule has 0 heterocycles. The van der Waals surface area contributed by atoms with Crippen LogP contribution in [-0.2, 0) is 5.41 Å². The van der Waals surface area contributed by atoms with Crippen LogP contribution in [0.4, 0.5) is 0 Å². The van der Waals surface area contributed by atoms with Gasteiger partial charge < -0.3 is 0 Å². The highest BCUT2D eigenvalue weighted by atomic mass is 14.5. The summed E-state index contributed by atoms with van der Waals surface area (Å²) in [6.45, 7) is 14.5. The van der Waals surface area contributed by atoms with Gasteiger partial charge in [0, 0.05) is 5.41 Å². The number of fused-ring (bicyclic) bond motifs is 5.